The predicted molar refractivity (Wildman–Crippen MR) is 93.7 cm³/mol. The average molecular weight is 351 g/mol. The van der Waals surface area contributed by atoms with Gasteiger partial charge in [-0.15, -0.1) is 0 Å². The summed E-state index contributed by atoms with van der Waals surface area (Å²) >= 11 is 0. The van der Waals surface area contributed by atoms with E-state index in [2.05, 4.69) is 78.9 Å². The van der Waals surface area contributed by atoms with Crippen LogP contribution in [0.2, 0.25) is 0 Å². The topological polar surface area (TPSA) is 66.4 Å². The van der Waals surface area contributed by atoms with Crippen LogP contribution in [-0.2, 0) is 27.7 Å². The van der Waals surface area contributed by atoms with E-state index in [1.165, 1.54) is 18.1 Å². The molecular weight excluding hydrogens is 326 g/mol. The minimum atomic E-state index is -4.42. The first-order valence-corrected chi connectivity index (χ1v) is 9.05. The van der Waals surface area contributed by atoms with E-state index in [4.69, 9.17) is 0 Å². The van der Waals surface area contributed by atoms with Gasteiger partial charge in [-0.05, 0) is 6.92 Å². The average Bonchev–Trinajstić information content (AvgIpc) is 2.47. The number of rotatable bonds is 6. The lowest BCUT2D eigenvalue weighted by atomic mass is 10.1. The molecule has 0 spiro atoms. The third-order valence-electron chi connectivity index (χ3n) is 3.17. The first kappa shape index (κ1) is 20.3. The molecule has 0 radical (unpaired) electrons. The van der Waals surface area contributed by atoms with Crippen LogP contribution in [0.1, 0.15) is 18.1 Å². The minimum absolute atomic E-state index is 0.0914. The van der Waals surface area contributed by atoms with Crippen molar-refractivity contribution in [3.63, 3.8) is 0 Å². The van der Waals surface area contributed by atoms with E-state index in [1.807, 2.05) is 0 Å². The van der Waals surface area contributed by atoms with Gasteiger partial charge in [-0.25, -0.2) is 8.42 Å². The molecule has 0 aliphatic rings. The number of nitrogens with zero attached hydrogens (tertiary/aromatic N) is 1. The Morgan fingerprint density at radius 2 is 1.25 bits per heavy atom. The summed E-state index contributed by atoms with van der Waals surface area (Å²) in [6, 6.07) is 21.4. The zero-order chi connectivity index (χ0) is 18.1. The van der Waals surface area contributed by atoms with Crippen LogP contribution in [0, 0.1) is 0 Å². The van der Waals surface area contributed by atoms with Gasteiger partial charge in [0.1, 0.15) is 13.1 Å². The fraction of sp³-hybridized carbons (Fsp3) is 0.333. The normalized spacial score (nSPS) is 11.5. The molecule has 0 heterocycles. The molecule has 132 valence electrons. The molecule has 2 aromatic carbocycles. The second-order valence-electron chi connectivity index (χ2n) is 6.04. The Labute approximate surface area is 145 Å². The largest absolute Gasteiger partial charge is 0.726 e. The van der Waals surface area contributed by atoms with E-state index in [1.54, 1.807) is 0 Å². The molecule has 0 N–H and O–H groups in total. The third-order valence-corrected chi connectivity index (χ3v) is 3.69. The molecule has 0 bridgehead atoms. The first-order valence-electron chi connectivity index (χ1n) is 7.72. The van der Waals surface area contributed by atoms with Crippen LogP contribution < -0.4 is 0 Å². The minimum Gasteiger partial charge on any atom is -0.726 e. The number of hydrogen-bond acceptors (Lipinski definition) is 4. The molecule has 6 heteroatoms. The summed E-state index contributed by atoms with van der Waals surface area (Å²) in [7, 11) is 0.131. The molecule has 0 aliphatic carbocycles. The zero-order valence-electron chi connectivity index (χ0n) is 14.4. The lowest BCUT2D eigenvalue weighted by Crippen LogP contribution is -2.37. The second-order valence-corrected chi connectivity index (χ2v) is 7.09. The van der Waals surface area contributed by atoms with Crippen molar-refractivity contribution in [2.75, 3.05) is 20.7 Å². The van der Waals surface area contributed by atoms with Gasteiger partial charge < -0.3 is 9.04 Å². The second kappa shape index (κ2) is 9.54. The Morgan fingerprint density at radius 1 is 0.875 bits per heavy atom. The fourth-order valence-electron chi connectivity index (χ4n) is 2.36. The van der Waals surface area contributed by atoms with Gasteiger partial charge in [-0.1, -0.05) is 60.7 Å². The molecule has 0 aromatic heterocycles. The van der Waals surface area contributed by atoms with Crippen LogP contribution >= 0.6 is 0 Å². The van der Waals surface area contributed by atoms with Crippen LogP contribution in [0.15, 0.2) is 60.7 Å². The smallest absolute Gasteiger partial charge is 0.217 e. The fourth-order valence-corrected chi connectivity index (χ4v) is 2.64. The van der Waals surface area contributed by atoms with Crippen LogP contribution in [-0.4, -0.2) is 38.2 Å². The highest BCUT2D eigenvalue weighted by Crippen LogP contribution is 2.14. The molecule has 24 heavy (non-hydrogen) atoms. The summed E-state index contributed by atoms with van der Waals surface area (Å²) in [4.78, 5) is 0. The molecule has 2 aromatic rings. The van der Waals surface area contributed by atoms with Crippen molar-refractivity contribution in [2.24, 2.45) is 0 Å². The van der Waals surface area contributed by atoms with Crippen molar-refractivity contribution in [3.05, 3.63) is 71.8 Å². The lowest BCUT2D eigenvalue weighted by Gasteiger charge is -2.30. The third kappa shape index (κ3) is 9.42. The maximum Gasteiger partial charge on any atom is 0.217 e. The molecule has 0 saturated carbocycles. The zero-order valence-corrected chi connectivity index (χ0v) is 15.2. The van der Waals surface area contributed by atoms with Crippen molar-refractivity contribution in [3.8, 4) is 0 Å². The summed E-state index contributed by atoms with van der Waals surface area (Å²) in [6.07, 6.45) is 0. The summed E-state index contributed by atoms with van der Waals surface area (Å²) in [5.41, 5.74) is 2.79. The Hall–Kier alpha value is -1.73. The molecule has 0 aliphatic heterocycles. The van der Waals surface area contributed by atoms with E-state index < -0.39 is 10.4 Å². The van der Waals surface area contributed by atoms with Crippen LogP contribution in [0.5, 0.6) is 0 Å². The predicted octanol–water partition coefficient (Wildman–Crippen LogP) is 2.95. The van der Waals surface area contributed by atoms with Gasteiger partial charge in [0, 0.05) is 11.1 Å². The van der Waals surface area contributed by atoms with Crippen LogP contribution in [0.4, 0.5) is 0 Å². The highest BCUT2D eigenvalue weighted by atomic mass is 32.3. The van der Waals surface area contributed by atoms with E-state index in [9.17, 15) is 13.0 Å². The van der Waals surface area contributed by atoms with E-state index in [0.717, 1.165) is 17.6 Å². The quantitative estimate of drug-likeness (QED) is 0.456. The van der Waals surface area contributed by atoms with Crippen molar-refractivity contribution >= 4 is 10.4 Å². The number of quaternary nitrogens is 1. The van der Waals surface area contributed by atoms with Gasteiger partial charge >= 0.3 is 0 Å². The van der Waals surface area contributed by atoms with Gasteiger partial charge in [0.15, 0.2) is 0 Å². The van der Waals surface area contributed by atoms with Gasteiger partial charge in [0.2, 0.25) is 10.4 Å². The van der Waals surface area contributed by atoms with E-state index in [-0.39, 0.29) is 6.61 Å². The number of benzene rings is 2. The standard InChI is InChI=1S/C16H20N.C2H6O4S/c1-17(2,13-15-9-5-3-6-10-15)14-16-11-7-4-8-12-16;1-2-6-7(3,4)5/h3-12H,13-14H2,1-2H3;2H2,1H3,(H,3,4,5)/q+1;/p-1. The molecule has 5 nitrogen and oxygen atoms in total. The van der Waals surface area contributed by atoms with Crippen molar-refractivity contribution in [2.45, 2.75) is 20.0 Å². The van der Waals surface area contributed by atoms with Crippen LogP contribution in [0.25, 0.3) is 0 Å². The van der Waals surface area contributed by atoms with E-state index in [0.29, 0.717) is 0 Å². The SMILES string of the molecule is CCOS(=O)(=O)[O-].C[N+](C)(Cc1ccccc1)Cc1ccccc1. The Morgan fingerprint density at radius 3 is 1.50 bits per heavy atom. The van der Waals surface area contributed by atoms with Crippen molar-refractivity contribution in [1.29, 1.82) is 0 Å². The molecule has 0 unspecified atom stereocenters. The van der Waals surface area contributed by atoms with Gasteiger partial charge in [-0.2, -0.15) is 0 Å². The Balaban J connectivity index is 0.000000351. The molecular formula is C18H25NO4S. The monoisotopic (exact) mass is 351 g/mol. The molecule has 0 saturated heterocycles. The molecule has 0 amide bonds. The first-order chi connectivity index (χ1) is 11.2. The van der Waals surface area contributed by atoms with Crippen LogP contribution in [0.3, 0.4) is 0 Å². The van der Waals surface area contributed by atoms with Crippen molar-refractivity contribution < 1.29 is 21.6 Å². The summed E-state index contributed by atoms with van der Waals surface area (Å²) in [6.45, 7) is 3.47. The lowest BCUT2D eigenvalue weighted by molar-refractivity contribution is -0.916. The maximum atomic E-state index is 9.45. The molecule has 0 atom stereocenters. The Bertz CT molecular complexity index is 642. The van der Waals surface area contributed by atoms with E-state index >= 15 is 0 Å². The highest BCUT2D eigenvalue weighted by molar-refractivity contribution is 7.80. The number of hydrogen-bond donors (Lipinski definition) is 0. The summed E-state index contributed by atoms with van der Waals surface area (Å²) in [5.74, 6) is 0. The Kier molecular flexibility index (Phi) is 8.07. The van der Waals surface area contributed by atoms with Gasteiger partial charge in [-0.3, -0.25) is 4.18 Å². The van der Waals surface area contributed by atoms with Gasteiger partial charge in [0.25, 0.3) is 0 Å². The molecule has 0 fully saturated rings. The maximum absolute atomic E-state index is 9.45. The summed E-state index contributed by atoms with van der Waals surface area (Å²) < 4.78 is 33.0. The van der Waals surface area contributed by atoms with Gasteiger partial charge in [0.05, 0.1) is 20.7 Å². The summed E-state index contributed by atoms with van der Waals surface area (Å²) in [5, 5.41) is 0. The highest BCUT2D eigenvalue weighted by Gasteiger charge is 2.16. The molecule has 2 rings (SSSR count). The van der Waals surface area contributed by atoms with Crippen molar-refractivity contribution in [1.82, 2.24) is 0 Å².